The van der Waals surface area contributed by atoms with E-state index < -0.39 is 4.92 Å². The zero-order valence-corrected chi connectivity index (χ0v) is 13.8. The first kappa shape index (κ1) is 16.1. The summed E-state index contributed by atoms with van der Waals surface area (Å²) in [4.78, 5) is 14.6. The Morgan fingerprint density at radius 1 is 1.17 bits per heavy atom. The van der Waals surface area contributed by atoms with Gasteiger partial charge in [-0.05, 0) is 29.8 Å². The van der Waals surface area contributed by atoms with Crippen molar-refractivity contribution >= 4 is 40.0 Å². The Bertz CT molecular complexity index is 876. The van der Waals surface area contributed by atoms with Gasteiger partial charge in [-0.25, -0.2) is 4.98 Å². The molecule has 0 saturated carbocycles. The van der Waals surface area contributed by atoms with Crippen molar-refractivity contribution in [2.75, 3.05) is 5.43 Å². The summed E-state index contributed by atoms with van der Waals surface area (Å²) < 4.78 is 0. The highest BCUT2D eigenvalue weighted by Crippen LogP contribution is 2.26. The van der Waals surface area contributed by atoms with Gasteiger partial charge in [-0.1, -0.05) is 23.7 Å². The summed E-state index contributed by atoms with van der Waals surface area (Å²) in [5, 5.41) is 18.0. The van der Waals surface area contributed by atoms with Crippen molar-refractivity contribution in [2.24, 2.45) is 5.10 Å². The third-order valence-corrected chi connectivity index (χ3v) is 4.12. The summed E-state index contributed by atoms with van der Waals surface area (Å²) >= 11 is 7.23. The number of hydrazone groups is 1. The van der Waals surface area contributed by atoms with E-state index in [0.717, 1.165) is 16.8 Å². The summed E-state index contributed by atoms with van der Waals surface area (Å²) in [6.07, 6.45) is 1.67. The maximum absolute atomic E-state index is 10.7. The first-order valence-electron chi connectivity index (χ1n) is 6.87. The first-order valence-corrected chi connectivity index (χ1v) is 8.12. The lowest BCUT2D eigenvalue weighted by Gasteiger charge is -1.97. The van der Waals surface area contributed by atoms with E-state index in [1.807, 2.05) is 17.5 Å². The predicted octanol–water partition coefficient (Wildman–Crippen LogP) is 4.82. The van der Waals surface area contributed by atoms with Crippen LogP contribution in [0.1, 0.15) is 5.56 Å². The minimum absolute atomic E-state index is 0.0555. The molecule has 120 valence electrons. The Kier molecular flexibility index (Phi) is 4.83. The second-order valence-corrected chi connectivity index (χ2v) is 6.06. The number of hydrogen-bond donors (Lipinski definition) is 1. The molecule has 0 aliphatic heterocycles. The van der Waals surface area contributed by atoms with Crippen molar-refractivity contribution in [3.63, 3.8) is 0 Å². The number of benzene rings is 2. The van der Waals surface area contributed by atoms with E-state index in [1.54, 1.807) is 30.5 Å². The van der Waals surface area contributed by atoms with Gasteiger partial charge >= 0.3 is 0 Å². The average Bonchev–Trinajstić information content (AvgIpc) is 3.06. The fourth-order valence-corrected chi connectivity index (χ4v) is 2.72. The molecule has 1 N–H and O–H groups in total. The summed E-state index contributed by atoms with van der Waals surface area (Å²) in [5.41, 5.74) is 5.38. The number of aromatic nitrogens is 1. The van der Waals surface area contributed by atoms with Gasteiger partial charge in [-0.3, -0.25) is 15.5 Å². The van der Waals surface area contributed by atoms with Crippen molar-refractivity contribution in [3.8, 4) is 11.3 Å². The average molecular weight is 359 g/mol. The molecule has 0 fully saturated rings. The summed E-state index contributed by atoms with van der Waals surface area (Å²) in [5.74, 6) is 0. The van der Waals surface area contributed by atoms with E-state index in [9.17, 15) is 10.1 Å². The molecule has 0 bridgehead atoms. The molecule has 24 heavy (non-hydrogen) atoms. The normalized spacial score (nSPS) is 10.9. The lowest BCUT2D eigenvalue weighted by atomic mass is 10.1. The van der Waals surface area contributed by atoms with E-state index in [0.29, 0.717) is 10.2 Å². The van der Waals surface area contributed by atoms with Crippen LogP contribution in [-0.2, 0) is 0 Å². The molecule has 2 aromatic carbocycles. The van der Waals surface area contributed by atoms with Gasteiger partial charge in [0.2, 0.25) is 5.13 Å². The van der Waals surface area contributed by atoms with Gasteiger partial charge in [0.05, 0.1) is 16.8 Å². The molecular weight excluding hydrogens is 348 g/mol. The molecule has 3 rings (SSSR count). The van der Waals surface area contributed by atoms with E-state index in [1.165, 1.54) is 23.5 Å². The van der Waals surface area contributed by atoms with Gasteiger partial charge in [0.25, 0.3) is 5.69 Å². The second-order valence-electron chi connectivity index (χ2n) is 4.76. The zero-order chi connectivity index (χ0) is 16.9. The lowest BCUT2D eigenvalue weighted by Crippen LogP contribution is -1.90. The van der Waals surface area contributed by atoms with Gasteiger partial charge in [0.1, 0.15) is 0 Å². The number of hydrogen-bond acceptors (Lipinski definition) is 6. The molecule has 1 heterocycles. The first-order chi connectivity index (χ1) is 11.6. The number of nitro benzene ring substituents is 1. The van der Waals surface area contributed by atoms with Crippen LogP contribution in [0.3, 0.4) is 0 Å². The second kappa shape index (κ2) is 7.20. The van der Waals surface area contributed by atoms with Crippen LogP contribution >= 0.6 is 22.9 Å². The highest BCUT2D eigenvalue weighted by atomic mass is 35.5. The Morgan fingerprint density at radius 2 is 1.88 bits per heavy atom. The van der Waals surface area contributed by atoms with E-state index >= 15 is 0 Å². The van der Waals surface area contributed by atoms with Crippen LogP contribution in [0.15, 0.2) is 59.0 Å². The third kappa shape index (κ3) is 3.95. The van der Waals surface area contributed by atoms with Crippen LogP contribution in [-0.4, -0.2) is 16.1 Å². The van der Waals surface area contributed by atoms with Crippen LogP contribution in [0.25, 0.3) is 11.3 Å². The van der Waals surface area contributed by atoms with Gasteiger partial charge in [-0.2, -0.15) is 5.10 Å². The largest absolute Gasteiger partial charge is 0.269 e. The van der Waals surface area contributed by atoms with Crippen molar-refractivity contribution < 1.29 is 4.92 Å². The molecule has 0 amide bonds. The molecular formula is C16H11ClN4O2S. The number of anilines is 1. The van der Waals surface area contributed by atoms with E-state index in [2.05, 4.69) is 15.5 Å². The summed E-state index contributed by atoms with van der Waals surface area (Å²) in [7, 11) is 0. The highest BCUT2D eigenvalue weighted by molar-refractivity contribution is 7.14. The maximum atomic E-state index is 10.7. The van der Waals surface area contributed by atoms with Gasteiger partial charge in [0.15, 0.2) is 0 Å². The number of nitrogens with one attached hydrogen (secondary N) is 1. The third-order valence-electron chi connectivity index (χ3n) is 3.12. The molecule has 0 atom stereocenters. The van der Waals surface area contributed by atoms with E-state index in [4.69, 9.17) is 11.6 Å². The predicted molar refractivity (Wildman–Crippen MR) is 96.9 cm³/mol. The Labute approximate surface area is 146 Å². The number of non-ortho nitro benzene ring substituents is 1. The number of rotatable bonds is 5. The van der Waals surface area contributed by atoms with Gasteiger partial charge in [-0.15, -0.1) is 11.3 Å². The summed E-state index contributed by atoms with van der Waals surface area (Å²) in [6, 6.07) is 13.6. The molecule has 3 aromatic rings. The number of nitro groups is 1. The lowest BCUT2D eigenvalue weighted by molar-refractivity contribution is -0.384. The standard InChI is InChI=1S/C16H11ClN4O2S/c17-13-5-1-11(2-6-13)9-18-20-16-19-15(10-24-16)12-3-7-14(8-4-12)21(22)23/h1-10H,(H,19,20)/b18-9-. The fourth-order valence-electron chi connectivity index (χ4n) is 1.92. The van der Waals surface area contributed by atoms with Crippen molar-refractivity contribution in [2.45, 2.75) is 0 Å². The molecule has 8 heteroatoms. The van der Waals surface area contributed by atoms with Gasteiger partial charge < -0.3 is 0 Å². The summed E-state index contributed by atoms with van der Waals surface area (Å²) in [6.45, 7) is 0. The van der Waals surface area contributed by atoms with Crippen molar-refractivity contribution in [1.82, 2.24) is 4.98 Å². The fraction of sp³-hybridized carbons (Fsp3) is 0. The monoisotopic (exact) mass is 358 g/mol. The smallest absolute Gasteiger partial charge is 0.258 e. The Hall–Kier alpha value is -2.77. The highest BCUT2D eigenvalue weighted by Gasteiger charge is 2.07. The molecule has 0 spiro atoms. The minimum atomic E-state index is -0.427. The molecule has 0 unspecified atom stereocenters. The molecule has 1 aromatic heterocycles. The number of nitrogens with zero attached hydrogens (tertiary/aromatic N) is 3. The molecule has 0 aliphatic carbocycles. The maximum Gasteiger partial charge on any atom is 0.269 e. The van der Waals surface area contributed by atoms with Crippen LogP contribution in [0.4, 0.5) is 10.8 Å². The molecule has 6 nitrogen and oxygen atoms in total. The van der Waals surface area contributed by atoms with Crippen molar-refractivity contribution in [3.05, 3.63) is 74.6 Å². The van der Waals surface area contributed by atoms with Crippen molar-refractivity contribution in [1.29, 1.82) is 0 Å². The topological polar surface area (TPSA) is 80.4 Å². The SMILES string of the molecule is O=[N+]([O-])c1ccc(-c2csc(N/N=C\c3ccc(Cl)cc3)n2)cc1. The van der Waals surface area contributed by atoms with E-state index in [-0.39, 0.29) is 5.69 Å². The molecule has 0 saturated heterocycles. The van der Waals surface area contributed by atoms with Crippen LogP contribution in [0.2, 0.25) is 5.02 Å². The van der Waals surface area contributed by atoms with Crippen LogP contribution in [0.5, 0.6) is 0 Å². The Morgan fingerprint density at radius 3 is 2.54 bits per heavy atom. The number of thiazole rings is 1. The zero-order valence-electron chi connectivity index (χ0n) is 12.2. The quantitative estimate of drug-likeness (QED) is 0.403. The van der Waals surface area contributed by atoms with Crippen LogP contribution in [0, 0.1) is 10.1 Å². The Balaban J connectivity index is 1.67. The molecule has 0 radical (unpaired) electrons. The molecule has 0 aliphatic rings. The van der Waals surface area contributed by atoms with Crippen LogP contribution < -0.4 is 5.43 Å². The van der Waals surface area contributed by atoms with Gasteiger partial charge in [0, 0.05) is 28.1 Å². The minimum Gasteiger partial charge on any atom is -0.258 e. The number of halogens is 1.